The number of carbonyl (C=O) groups is 2. The molecule has 0 aliphatic rings. The van der Waals surface area contributed by atoms with Gasteiger partial charge in [0.1, 0.15) is 6.54 Å². The molecule has 4 aromatic rings. The molecule has 1 heterocycles. The summed E-state index contributed by atoms with van der Waals surface area (Å²) in [4.78, 5) is 33.7. The molecule has 1 aromatic heterocycles. The second-order valence-corrected chi connectivity index (χ2v) is 9.82. The SMILES string of the molecule is C=CCC(C(=O)N(CC(=O)Nc1nc(-c2ccccc2)cn1-c1ccccc1)C(C)C)c1ccc(OC)c(OC)c1. The molecule has 1 N–H and O–H groups in total. The number of allylic oxidation sites excluding steroid dienone is 1. The van der Waals surface area contributed by atoms with Gasteiger partial charge in [-0.05, 0) is 50.1 Å². The third-order valence-corrected chi connectivity index (χ3v) is 6.79. The van der Waals surface area contributed by atoms with E-state index in [1.165, 1.54) is 0 Å². The van der Waals surface area contributed by atoms with Gasteiger partial charge in [-0.3, -0.25) is 19.5 Å². The van der Waals surface area contributed by atoms with Gasteiger partial charge < -0.3 is 14.4 Å². The van der Waals surface area contributed by atoms with Crippen LogP contribution in [0, 0.1) is 0 Å². The minimum Gasteiger partial charge on any atom is -0.493 e. The average molecular weight is 553 g/mol. The van der Waals surface area contributed by atoms with Crippen molar-refractivity contribution in [1.29, 1.82) is 0 Å². The number of nitrogens with one attached hydrogen (secondary N) is 1. The van der Waals surface area contributed by atoms with Crippen LogP contribution in [0.1, 0.15) is 31.7 Å². The van der Waals surface area contributed by atoms with E-state index in [1.807, 2.05) is 91.3 Å². The third kappa shape index (κ3) is 6.84. The van der Waals surface area contributed by atoms with E-state index in [1.54, 1.807) is 37.3 Å². The van der Waals surface area contributed by atoms with Crippen LogP contribution < -0.4 is 14.8 Å². The van der Waals surface area contributed by atoms with Gasteiger partial charge in [-0.2, -0.15) is 0 Å². The molecule has 8 heteroatoms. The summed E-state index contributed by atoms with van der Waals surface area (Å²) in [5.74, 6) is 0.405. The van der Waals surface area contributed by atoms with E-state index in [4.69, 9.17) is 14.5 Å². The monoisotopic (exact) mass is 552 g/mol. The molecule has 0 fully saturated rings. The summed E-state index contributed by atoms with van der Waals surface area (Å²) in [6, 6.07) is 24.6. The number of methoxy groups -OCH3 is 2. The van der Waals surface area contributed by atoms with E-state index in [2.05, 4.69) is 11.9 Å². The summed E-state index contributed by atoms with van der Waals surface area (Å²) in [5, 5.41) is 2.95. The predicted molar refractivity (Wildman–Crippen MR) is 162 cm³/mol. The number of carbonyl (C=O) groups excluding carboxylic acids is 2. The molecule has 1 atom stereocenters. The summed E-state index contributed by atoms with van der Waals surface area (Å²) < 4.78 is 12.7. The molecular formula is C33H36N4O4. The topological polar surface area (TPSA) is 85.7 Å². The van der Waals surface area contributed by atoms with Crippen molar-refractivity contribution in [2.45, 2.75) is 32.2 Å². The Morgan fingerprint density at radius 3 is 2.24 bits per heavy atom. The number of anilines is 1. The van der Waals surface area contributed by atoms with Crippen LogP contribution >= 0.6 is 0 Å². The lowest BCUT2D eigenvalue weighted by molar-refractivity contribution is -0.137. The minimum absolute atomic E-state index is 0.139. The zero-order valence-corrected chi connectivity index (χ0v) is 23.9. The molecule has 0 spiro atoms. The van der Waals surface area contributed by atoms with Crippen LogP contribution in [0.4, 0.5) is 5.95 Å². The fraction of sp³-hybridized carbons (Fsp3) is 0.242. The Labute approximate surface area is 241 Å². The maximum absolute atomic E-state index is 13.9. The Morgan fingerprint density at radius 2 is 1.63 bits per heavy atom. The number of hydrogen-bond acceptors (Lipinski definition) is 5. The number of rotatable bonds is 12. The van der Waals surface area contributed by atoms with Crippen molar-refractivity contribution in [3.8, 4) is 28.4 Å². The zero-order chi connectivity index (χ0) is 29.4. The van der Waals surface area contributed by atoms with Crippen molar-refractivity contribution in [1.82, 2.24) is 14.5 Å². The highest BCUT2D eigenvalue weighted by molar-refractivity contribution is 5.95. The lowest BCUT2D eigenvalue weighted by Gasteiger charge is -2.30. The smallest absolute Gasteiger partial charge is 0.246 e. The van der Waals surface area contributed by atoms with Crippen LogP contribution in [0.3, 0.4) is 0 Å². The van der Waals surface area contributed by atoms with Gasteiger partial charge >= 0.3 is 0 Å². The number of nitrogens with zero attached hydrogens (tertiary/aromatic N) is 3. The number of para-hydroxylation sites is 1. The molecule has 2 amide bonds. The van der Waals surface area contributed by atoms with E-state index < -0.39 is 5.92 Å². The number of amides is 2. The van der Waals surface area contributed by atoms with E-state index in [9.17, 15) is 9.59 Å². The molecule has 0 aliphatic carbocycles. The van der Waals surface area contributed by atoms with E-state index in [-0.39, 0.29) is 24.4 Å². The van der Waals surface area contributed by atoms with Crippen LogP contribution in [0.5, 0.6) is 11.5 Å². The Bertz CT molecular complexity index is 1480. The summed E-state index contributed by atoms with van der Waals surface area (Å²) in [6.07, 6.45) is 4.00. The first-order valence-corrected chi connectivity index (χ1v) is 13.5. The second-order valence-electron chi connectivity index (χ2n) is 9.82. The molecular weight excluding hydrogens is 516 g/mol. The van der Waals surface area contributed by atoms with Gasteiger partial charge in [-0.1, -0.05) is 60.7 Å². The van der Waals surface area contributed by atoms with Crippen molar-refractivity contribution in [2.24, 2.45) is 0 Å². The van der Waals surface area contributed by atoms with Gasteiger partial charge in [0, 0.05) is 23.5 Å². The summed E-state index contributed by atoms with van der Waals surface area (Å²) in [6.45, 7) is 7.50. The summed E-state index contributed by atoms with van der Waals surface area (Å²) in [7, 11) is 3.12. The molecule has 3 aromatic carbocycles. The standard InChI is InChI=1S/C33H36N4O4/c1-6-13-27(25-18-19-29(40-4)30(20-25)41-5)32(39)36(23(2)3)22-31(38)35-33-34-28(24-14-9-7-10-15-24)21-37(33)26-16-11-8-12-17-26/h6-12,14-21,23,27H,1,13,22H2,2-5H3,(H,34,35,38). The van der Waals surface area contributed by atoms with E-state index in [0.717, 1.165) is 22.5 Å². The maximum Gasteiger partial charge on any atom is 0.246 e. The van der Waals surface area contributed by atoms with Crippen LogP contribution in [0.15, 0.2) is 97.7 Å². The lowest BCUT2D eigenvalue weighted by Crippen LogP contribution is -2.44. The van der Waals surface area contributed by atoms with Gasteiger partial charge in [0.05, 0.1) is 25.8 Å². The molecule has 0 saturated carbocycles. The largest absolute Gasteiger partial charge is 0.493 e. The van der Waals surface area contributed by atoms with Gasteiger partial charge in [-0.15, -0.1) is 6.58 Å². The highest BCUT2D eigenvalue weighted by Crippen LogP contribution is 2.33. The third-order valence-electron chi connectivity index (χ3n) is 6.79. The van der Waals surface area contributed by atoms with Gasteiger partial charge in [0.2, 0.25) is 17.8 Å². The molecule has 0 bridgehead atoms. The Kier molecular flexibility index (Phi) is 9.58. The van der Waals surface area contributed by atoms with E-state index in [0.29, 0.717) is 23.9 Å². The van der Waals surface area contributed by atoms with Gasteiger partial charge in [0.25, 0.3) is 0 Å². The van der Waals surface area contributed by atoms with Crippen molar-refractivity contribution in [2.75, 3.05) is 26.1 Å². The first-order chi connectivity index (χ1) is 19.9. The Balaban J connectivity index is 1.60. The lowest BCUT2D eigenvalue weighted by atomic mass is 9.93. The molecule has 4 rings (SSSR count). The average Bonchev–Trinajstić information content (AvgIpc) is 3.42. The highest BCUT2D eigenvalue weighted by atomic mass is 16.5. The van der Waals surface area contributed by atoms with Crippen molar-refractivity contribution >= 4 is 17.8 Å². The molecule has 1 unspecified atom stereocenters. The quantitative estimate of drug-likeness (QED) is 0.215. The van der Waals surface area contributed by atoms with Crippen molar-refractivity contribution in [3.63, 3.8) is 0 Å². The molecule has 0 aliphatic heterocycles. The van der Waals surface area contributed by atoms with Crippen molar-refractivity contribution in [3.05, 3.63) is 103 Å². The van der Waals surface area contributed by atoms with Gasteiger partial charge in [-0.25, -0.2) is 4.98 Å². The minimum atomic E-state index is -0.543. The normalized spacial score (nSPS) is 11.5. The highest BCUT2D eigenvalue weighted by Gasteiger charge is 2.29. The summed E-state index contributed by atoms with van der Waals surface area (Å²) >= 11 is 0. The first kappa shape index (κ1) is 29.1. The Hall–Kier alpha value is -4.85. The van der Waals surface area contributed by atoms with Gasteiger partial charge in [0.15, 0.2) is 11.5 Å². The van der Waals surface area contributed by atoms with Crippen LogP contribution in [-0.4, -0.2) is 53.1 Å². The van der Waals surface area contributed by atoms with Crippen LogP contribution in [0.25, 0.3) is 16.9 Å². The number of ether oxygens (including phenoxy) is 2. The number of imidazole rings is 1. The molecule has 212 valence electrons. The predicted octanol–water partition coefficient (Wildman–Crippen LogP) is 6.09. The zero-order valence-electron chi connectivity index (χ0n) is 23.9. The molecule has 8 nitrogen and oxygen atoms in total. The van der Waals surface area contributed by atoms with Crippen LogP contribution in [-0.2, 0) is 9.59 Å². The molecule has 41 heavy (non-hydrogen) atoms. The first-order valence-electron chi connectivity index (χ1n) is 13.5. The number of aromatic nitrogens is 2. The summed E-state index contributed by atoms with van der Waals surface area (Å²) in [5.41, 5.74) is 3.26. The second kappa shape index (κ2) is 13.5. The fourth-order valence-corrected chi connectivity index (χ4v) is 4.65. The number of benzene rings is 3. The molecule has 0 radical (unpaired) electrons. The Morgan fingerprint density at radius 1 is 0.976 bits per heavy atom. The molecule has 0 saturated heterocycles. The fourth-order valence-electron chi connectivity index (χ4n) is 4.65. The van der Waals surface area contributed by atoms with Crippen LogP contribution in [0.2, 0.25) is 0 Å². The van der Waals surface area contributed by atoms with Crippen molar-refractivity contribution < 1.29 is 19.1 Å². The van der Waals surface area contributed by atoms with E-state index >= 15 is 0 Å². The number of hydrogen-bond donors (Lipinski definition) is 1. The maximum atomic E-state index is 13.9.